The van der Waals surface area contributed by atoms with Crippen molar-refractivity contribution < 1.29 is 4.79 Å². The minimum absolute atomic E-state index is 0.00280. The van der Waals surface area contributed by atoms with Gasteiger partial charge in [-0.1, -0.05) is 0 Å². The molecule has 1 aliphatic heterocycles. The summed E-state index contributed by atoms with van der Waals surface area (Å²) < 4.78 is 0. The van der Waals surface area contributed by atoms with Gasteiger partial charge in [0.1, 0.15) is 0 Å². The maximum atomic E-state index is 11.7. The zero-order valence-corrected chi connectivity index (χ0v) is 9.49. The third kappa shape index (κ3) is 2.58. The predicted molar refractivity (Wildman–Crippen MR) is 61.8 cm³/mol. The molecule has 16 heavy (non-hydrogen) atoms. The first-order valence-corrected chi connectivity index (χ1v) is 5.68. The third-order valence-corrected chi connectivity index (χ3v) is 2.98. The highest BCUT2D eigenvalue weighted by atomic mass is 16.2. The number of carbonyl (C=O) groups excluding carboxylic acids is 1. The van der Waals surface area contributed by atoms with E-state index in [1.165, 1.54) is 0 Å². The third-order valence-electron chi connectivity index (χ3n) is 2.98. The minimum atomic E-state index is -0.00280. The van der Waals surface area contributed by atoms with Gasteiger partial charge >= 0.3 is 0 Å². The van der Waals surface area contributed by atoms with Crippen molar-refractivity contribution in [2.75, 3.05) is 6.54 Å². The molecule has 0 radical (unpaired) electrons. The van der Waals surface area contributed by atoms with Crippen molar-refractivity contribution in [3.05, 3.63) is 29.6 Å². The van der Waals surface area contributed by atoms with Crippen LogP contribution >= 0.6 is 0 Å². The molecule has 86 valence electrons. The highest BCUT2D eigenvalue weighted by molar-refractivity contribution is 5.81. The summed E-state index contributed by atoms with van der Waals surface area (Å²) in [5.74, 6) is 0.0979. The molecule has 4 heteroatoms. The Kier molecular flexibility index (Phi) is 3.51. The van der Waals surface area contributed by atoms with E-state index in [9.17, 15) is 4.79 Å². The van der Waals surface area contributed by atoms with Crippen molar-refractivity contribution in [3.8, 4) is 0 Å². The second-order valence-electron chi connectivity index (χ2n) is 4.17. The Balaban J connectivity index is 1.87. The van der Waals surface area contributed by atoms with Gasteiger partial charge in [0, 0.05) is 18.9 Å². The molecule has 0 aliphatic carbocycles. The van der Waals surface area contributed by atoms with Crippen LogP contribution < -0.4 is 10.6 Å². The largest absolute Gasteiger partial charge is 0.351 e. The molecule has 1 amide bonds. The lowest BCUT2D eigenvalue weighted by Crippen LogP contribution is -2.40. The normalized spacial score (nSPS) is 19.7. The molecule has 1 aliphatic rings. The van der Waals surface area contributed by atoms with Crippen LogP contribution in [0.15, 0.2) is 18.5 Å². The maximum absolute atomic E-state index is 11.7. The summed E-state index contributed by atoms with van der Waals surface area (Å²) in [6.45, 7) is 3.54. The van der Waals surface area contributed by atoms with Gasteiger partial charge in [-0.15, -0.1) is 0 Å². The van der Waals surface area contributed by atoms with Crippen molar-refractivity contribution in [1.82, 2.24) is 15.6 Å². The Hall–Kier alpha value is -1.42. The van der Waals surface area contributed by atoms with E-state index in [0.717, 1.165) is 30.5 Å². The summed E-state index contributed by atoms with van der Waals surface area (Å²) in [6, 6.07) is 1.95. The number of hydrogen-bond acceptors (Lipinski definition) is 3. The number of aryl methyl sites for hydroxylation is 1. The lowest BCUT2D eigenvalue weighted by atomic mass is 10.1. The number of amides is 1. The number of hydrogen-bond donors (Lipinski definition) is 2. The fraction of sp³-hybridized carbons (Fsp3) is 0.500. The van der Waals surface area contributed by atoms with Gasteiger partial charge in [0.2, 0.25) is 5.91 Å². The number of nitrogens with zero attached hydrogens (tertiary/aromatic N) is 1. The molecule has 2 heterocycles. The van der Waals surface area contributed by atoms with Crippen molar-refractivity contribution in [1.29, 1.82) is 0 Å². The molecule has 1 fully saturated rings. The Bertz CT molecular complexity index is 372. The monoisotopic (exact) mass is 219 g/mol. The molecule has 1 aromatic heterocycles. The van der Waals surface area contributed by atoms with Crippen LogP contribution in [0.1, 0.15) is 24.0 Å². The molecule has 0 spiro atoms. The summed E-state index contributed by atoms with van der Waals surface area (Å²) in [4.78, 5) is 15.8. The highest BCUT2D eigenvalue weighted by Crippen LogP contribution is 2.07. The van der Waals surface area contributed by atoms with Crippen LogP contribution in [0, 0.1) is 6.92 Å². The summed E-state index contributed by atoms with van der Waals surface area (Å²) in [5, 5.41) is 6.12. The maximum Gasteiger partial charge on any atom is 0.237 e. The molecule has 2 rings (SSSR count). The van der Waals surface area contributed by atoms with E-state index in [1.54, 1.807) is 12.4 Å². The summed E-state index contributed by atoms with van der Waals surface area (Å²) in [7, 11) is 0. The second-order valence-corrected chi connectivity index (χ2v) is 4.17. The molecule has 4 nitrogen and oxygen atoms in total. The van der Waals surface area contributed by atoms with Crippen molar-refractivity contribution in [3.63, 3.8) is 0 Å². The Morgan fingerprint density at radius 3 is 3.25 bits per heavy atom. The molecule has 2 N–H and O–H groups in total. The van der Waals surface area contributed by atoms with Crippen molar-refractivity contribution in [2.45, 2.75) is 32.4 Å². The van der Waals surface area contributed by atoms with E-state index in [0.29, 0.717) is 6.54 Å². The lowest BCUT2D eigenvalue weighted by molar-refractivity contribution is -0.122. The Morgan fingerprint density at radius 2 is 2.56 bits per heavy atom. The van der Waals surface area contributed by atoms with Crippen LogP contribution in [0.4, 0.5) is 0 Å². The molecule has 0 unspecified atom stereocenters. The molecular formula is C12H17N3O. The van der Waals surface area contributed by atoms with Crippen LogP contribution in [0.2, 0.25) is 0 Å². The molecule has 1 aromatic rings. The van der Waals surface area contributed by atoms with Gasteiger partial charge in [-0.3, -0.25) is 9.78 Å². The van der Waals surface area contributed by atoms with Gasteiger partial charge in [-0.25, -0.2) is 0 Å². The Labute approximate surface area is 95.5 Å². The van der Waals surface area contributed by atoms with Gasteiger partial charge in [0.25, 0.3) is 0 Å². The molecular weight excluding hydrogens is 202 g/mol. The van der Waals surface area contributed by atoms with Crippen LogP contribution in [0.3, 0.4) is 0 Å². The quantitative estimate of drug-likeness (QED) is 0.789. The zero-order valence-electron chi connectivity index (χ0n) is 9.49. The van der Waals surface area contributed by atoms with E-state index in [4.69, 9.17) is 0 Å². The SMILES string of the molecule is Cc1ccncc1CNC(=O)[C@H]1CCCN1. The van der Waals surface area contributed by atoms with Gasteiger partial charge < -0.3 is 10.6 Å². The summed E-state index contributed by atoms with van der Waals surface area (Å²) >= 11 is 0. The second kappa shape index (κ2) is 5.07. The zero-order chi connectivity index (χ0) is 11.4. The highest BCUT2D eigenvalue weighted by Gasteiger charge is 2.21. The van der Waals surface area contributed by atoms with Gasteiger partial charge in [0.15, 0.2) is 0 Å². The van der Waals surface area contributed by atoms with Crippen LogP contribution in [-0.4, -0.2) is 23.5 Å². The van der Waals surface area contributed by atoms with Crippen LogP contribution in [0.5, 0.6) is 0 Å². The molecule has 1 saturated heterocycles. The van der Waals surface area contributed by atoms with Crippen LogP contribution in [0.25, 0.3) is 0 Å². The number of rotatable bonds is 3. The topological polar surface area (TPSA) is 54.0 Å². The first-order chi connectivity index (χ1) is 7.77. The molecule has 0 bridgehead atoms. The van der Waals surface area contributed by atoms with Crippen molar-refractivity contribution in [2.24, 2.45) is 0 Å². The van der Waals surface area contributed by atoms with E-state index in [1.807, 2.05) is 13.0 Å². The lowest BCUT2D eigenvalue weighted by Gasteiger charge is -2.11. The van der Waals surface area contributed by atoms with Crippen molar-refractivity contribution >= 4 is 5.91 Å². The van der Waals surface area contributed by atoms with E-state index < -0.39 is 0 Å². The van der Waals surface area contributed by atoms with Gasteiger partial charge in [-0.2, -0.15) is 0 Å². The number of aromatic nitrogens is 1. The molecule has 0 aromatic carbocycles. The average Bonchev–Trinajstić information content (AvgIpc) is 2.81. The number of pyridine rings is 1. The Morgan fingerprint density at radius 1 is 1.69 bits per heavy atom. The number of carbonyl (C=O) groups is 1. The number of nitrogens with one attached hydrogen (secondary N) is 2. The fourth-order valence-electron chi connectivity index (χ4n) is 1.90. The fourth-order valence-corrected chi connectivity index (χ4v) is 1.90. The first kappa shape index (κ1) is 11.1. The van der Waals surface area contributed by atoms with Gasteiger partial charge in [0.05, 0.1) is 6.04 Å². The minimum Gasteiger partial charge on any atom is -0.351 e. The molecule has 1 atom stereocenters. The van der Waals surface area contributed by atoms with E-state index in [-0.39, 0.29) is 11.9 Å². The predicted octanol–water partition coefficient (Wildman–Crippen LogP) is 0.758. The van der Waals surface area contributed by atoms with E-state index >= 15 is 0 Å². The standard InChI is InChI=1S/C12H17N3O/c1-9-4-6-13-7-10(9)8-15-12(16)11-3-2-5-14-11/h4,6-7,11,14H,2-3,5,8H2,1H3,(H,15,16)/t11-/m1/s1. The summed E-state index contributed by atoms with van der Waals surface area (Å²) in [6.07, 6.45) is 5.60. The van der Waals surface area contributed by atoms with Crippen LogP contribution in [-0.2, 0) is 11.3 Å². The van der Waals surface area contributed by atoms with Gasteiger partial charge in [-0.05, 0) is 43.5 Å². The smallest absolute Gasteiger partial charge is 0.237 e. The molecule has 0 saturated carbocycles. The summed E-state index contributed by atoms with van der Waals surface area (Å²) in [5.41, 5.74) is 2.24. The average molecular weight is 219 g/mol. The first-order valence-electron chi connectivity index (χ1n) is 5.68. The van der Waals surface area contributed by atoms with E-state index in [2.05, 4.69) is 15.6 Å².